The van der Waals surface area contributed by atoms with E-state index < -0.39 is 35.9 Å². The third kappa shape index (κ3) is 5.15. The minimum absolute atomic E-state index is 0.256. The third-order valence-corrected chi connectivity index (χ3v) is 4.43. The number of nitrogens with zero attached hydrogens (tertiary/aromatic N) is 2. The topological polar surface area (TPSA) is 64.7 Å². The number of nitrogens with one attached hydrogen (secondary N) is 2. The number of amides is 3. The van der Waals surface area contributed by atoms with Crippen LogP contribution in [-0.4, -0.2) is 49.6 Å². The van der Waals surface area contributed by atoms with Gasteiger partial charge >= 0.3 is 6.03 Å². The lowest BCUT2D eigenvalue weighted by atomic mass is 10.2. The Hall–Kier alpha value is -3.30. The highest BCUT2D eigenvalue weighted by Crippen LogP contribution is 2.18. The van der Waals surface area contributed by atoms with Gasteiger partial charge in [-0.2, -0.15) is 0 Å². The average Bonchev–Trinajstić information content (AvgIpc) is 2.71. The van der Waals surface area contributed by atoms with Crippen LogP contribution in [0.15, 0.2) is 36.4 Å². The summed E-state index contributed by atoms with van der Waals surface area (Å²) >= 11 is 0. The molecule has 1 saturated heterocycles. The highest BCUT2D eigenvalue weighted by molar-refractivity contribution is 5.94. The SMILES string of the molecule is O=C(CNC(=O)N1CCN(c2ccc(F)cc2)CC1)Nc1cc(F)c(F)c(F)c1. The Balaban J connectivity index is 1.45. The van der Waals surface area contributed by atoms with E-state index >= 15 is 0 Å². The van der Waals surface area contributed by atoms with Crippen molar-refractivity contribution < 1.29 is 27.2 Å². The van der Waals surface area contributed by atoms with Gasteiger partial charge in [0.15, 0.2) is 17.5 Å². The number of anilines is 2. The van der Waals surface area contributed by atoms with Crippen molar-refractivity contribution in [1.82, 2.24) is 10.2 Å². The minimum atomic E-state index is -1.63. The summed E-state index contributed by atoms with van der Waals surface area (Å²) in [6.45, 7) is 1.47. The van der Waals surface area contributed by atoms with Crippen LogP contribution >= 0.6 is 0 Å². The smallest absolute Gasteiger partial charge is 0.317 e. The second-order valence-electron chi connectivity index (χ2n) is 6.41. The van der Waals surface area contributed by atoms with Crippen LogP contribution in [0.5, 0.6) is 0 Å². The lowest BCUT2D eigenvalue weighted by Crippen LogP contribution is -2.52. The zero-order chi connectivity index (χ0) is 21.0. The predicted molar refractivity (Wildman–Crippen MR) is 98.5 cm³/mol. The molecule has 0 atom stereocenters. The zero-order valence-electron chi connectivity index (χ0n) is 15.2. The van der Waals surface area contributed by atoms with Crippen LogP contribution in [0.3, 0.4) is 0 Å². The summed E-state index contributed by atoms with van der Waals surface area (Å²) in [5, 5.41) is 4.60. The van der Waals surface area contributed by atoms with E-state index in [9.17, 15) is 27.2 Å². The van der Waals surface area contributed by atoms with Gasteiger partial charge in [-0.05, 0) is 24.3 Å². The maximum absolute atomic E-state index is 13.2. The molecule has 2 aromatic carbocycles. The molecule has 2 N–H and O–H groups in total. The van der Waals surface area contributed by atoms with E-state index in [4.69, 9.17) is 0 Å². The number of halogens is 4. The molecule has 0 radical (unpaired) electrons. The molecule has 1 aliphatic rings. The predicted octanol–water partition coefficient (Wildman–Crippen LogP) is 2.71. The van der Waals surface area contributed by atoms with Gasteiger partial charge in [0, 0.05) is 49.7 Å². The van der Waals surface area contributed by atoms with Crippen molar-refractivity contribution >= 4 is 23.3 Å². The van der Waals surface area contributed by atoms with Crippen LogP contribution in [0, 0.1) is 23.3 Å². The molecule has 29 heavy (non-hydrogen) atoms. The molecule has 0 unspecified atom stereocenters. The van der Waals surface area contributed by atoms with Gasteiger partial charge in [0.2, 0.25) is 5.91 Å². The van der Waals surface area contributed by atoms with Gasteiger partial charge in [-0.25, -0.2) is 22.4 Å². The second kappa shape index (κ2) is 8.80. The number of hydrogen-bond acceptors (Lipinski definition) is 3. The fourth-order valence-electron chi connectivity index (χ4n) is 2.92. The van der Waals surface area contributed by atoms with Crippen LogP contribution in [0.1, 0.15) is 0 Å². The summed E-state index contributed by atoms with van der Waals surface area (Å²) in [7, 11) is 0. The van der Waals surface area contributed by atoms with Crippen LogP contribution in [-0.2, 0) is 4.79 Å². The average molecular weight is 410 g/mol. The second-order valence-corrected chi connectivity index (χ2v) is 6.41. The number of piperazine rings is 1. The molecule has 154 valence electrons. The van der Waals surface area contributed by atoms with Crippen molar-refractivity contribution in [3.05, 3.63) is 59.7 Å². The fourth-order valence-corrected chi connectivity index (χ4v) is 2.92. The molecule has 6 nitrogen and oxygen atoms in total. The first kappa shape index (κ1) is 20.4. The number of urea groups is 1. The molecule has 3 rings (SSSR count). The number of hydrogen-bond donors (Lipinski definition) is 2. The molecule has 2 aromatic rings. The van der Waals surface area contributed by atoms with Crippen molar-refractivity contribution in [3.8, 4) is 0 Å². The lowest BCUT2D eigenvalue weighted by molar-refractivity contribution is -0.115. The van der Waals surface area contributed by atoms with Crippen molar-refractivity contribution in [3.63, 3.8) is 0 Å². The van der Waals surface area contributed by atoms with Gasteiger partial charge in [-0.1, -0.05) is 0 Å². The van der Waals surface area contributed by atoms with Gasteiger partial charge < -0.3 is 20.4 Å². The molecule has 0 spiro atoms. The summed E-state index contributed by atoms with van der Waals surface area (Å²) in [4.78, 5) is 27.6. The Bertz CT molecular complexity index is 877. The summed E-state index contributed by atoms with van der Waals surface area (Å²) < 4.78 is 52.2. The molecule has 1 fully saturated rings. The molecular weight excluding hydrogens is 392 g/mol. The molecule has 0 bridgehead atoms. The highest BCUT2D eigenvalue weighted by Gasteiger charge is 2.22. The van der Waals surface area contributed by atoms with Crippen LogP contribution in [0.2, 0.25) is 0 Å². The minimum Gasteiger partial charge on any atom is -0.368 e. The van der Waals surface area contributed by atoms with Gasteiger partial charge in [0.05, 0.1) is 6.54 Å². The van der Waals surface area contributed by atoms with E-state index in [1.807, 2.05) is 4.90 Å². The summed E-state index contributed by atoms with van der Waals surface area (Å²) in [5.41, 5.74) is 0.596. The van der Waals surface area contributed by atoms with Crippen LogP contribution in [0.25, 0.3) is 0 Å². The fraction of sp³-hybridized carbons (Fsp3) is 0.263. The molecule has 1 aliphatic heterocycles. The molecule has 1 heterocycles. The maximum atomic E-state index is 13.2. The molecule has 0 aliphatic carbocycles. The Morgan fingerprint density at radius 1 is 0.897 bits per heavy atom. The normalized spacial score (nSPS) is 13.9. The highest BCUT2D eigenvalue weighted by atomic mass is 19.2. The number of carbonyl (C=O) groups is 2. The largest absolute Gasteiger partial charge is 0.368 e. The van der Waals surface area contributed by atoms with Crippen molar-refractivity contribution in [2.75, 3.05) is 42.9 Å². The van der Waals surface area contributed by atoms with E-state index in [0.29, 0.717) is 38.3 Å². The van der Waals surface area contributed by atoms with E-state index in [1.165, 1.54) is 17.0 Å². The van der Waals surface area contributed by atoms with Gasteiger partial charge in [-0.15, -0.1) is 0 Å². The first-order valence-electron chi connectivity index (χ1n) is 8.81. The van der Waals surface area contributed by atoms with Crippen molar-refractivity contribution in [2.24, 2.45) is 0 Å². The van der Waals surface area contributed by atoms with Crippen LogP contribution in [0.4, 0.5) is 33.7 Å². The number of rotatable bonds is 4. The first-order valence-corrected chi connectivity index (χ1v) is 8.81. The monoisotopic (exact) mass is 410 g/mol. The molecular formula is C19H18F4N4O2. The summed E-state index contributed by atoms with van der Waals surface area (Å²) in [6.07, 6.45) is 0. The Kier molecular flexibility index (Phi) is 6.20. The van der Waals surface area contributed by atoms with E-state index in [0.717, 1.165) is 5.69 Å². The quantitative estimate of drug-likeness (QED) is 0.602. The zero-order valence-corrected chi connectivity index (χ0v) is 15.2. The third-order valence-electron chi connectivity index (χ3n) is 4.43. The van der Waals surface area contributed by atoms with E-state index in [2.05, 4.69) is 10.6 Å². The summed E-state index contributed by atoms with van der Waals surface area (Å²) in [5.74, 6) is -5.52. The standard InChI is InChI=1S/C19H18F4N4O2/c20-12-1-3-14(4-2-12)26-5-7-27(8-6-26)19(29)24-11-17(28)25-13-9-15(21)18(23)16(22)10-13/h1-4,9-10H,5-8,11H2,(H,24,29)(H,25,28). The Morgan fingerprint density at radius 3 is 2.07 bits per heavy atom. The van der Waals surface area contributed by atoms with Gasteiger partial charge in [-0.3, -0.25) is 4.79 Å². The number of carbonyl (C=O) groups excluding carboxylic acids is 2. The number of benzene rings is 2. The van der Waals surface area contributed by atoms with Gasteiger partial charge in [0.1, 0.15) is 5.82 Å². The molecule has 3 amide bonds. The van der Waals surface area contributed by atoms with Crippen molar-refractivity contribution in [1.29, 1.82) is 0 Å². The molecule has 0 aromatic heterocycles. The van der Waals surface area contributed by atoms with Crippen LogP contribution < -0.4 is 15.5 Å². The lowest BCUT2D eigenvalue weighted by Gasteiger charge is -2.36. The van der Waals surface area contributed by atoms with Crippen molar-refractivity contribution in [2.45, 2.75) is 0 Å². The molecule has 10 heteroatoms. The molecule has 0 saturated carbocycles. The van der Waals surface area contributed by atoms with E-state index in [1.54, 1.807) is 12.1 Å². The Labute approximate surface area is 164 Å². The summed E-state index contributed by atoms with van der Waals surface area (Å²) in [6, 6.07) is 6.89. The van der Waals surface area contributed by atoms with Gasteiger partial charge in [0.25, 0.3) is 0 Å². The van der Waals surface area contributed by atoms with E-state index in [-0.39, 0.29) is 11.5 Å². The maximum Gasteiger partial charge on any atom is 0.317 e. The first-order chi connectivity index (χ1) is 13.8. The Morgan fingerprint density at radius 2 is 1.48 bits per heavy atom.